The smallest absolute Gasteiger partial charge is 0.251 e. The molecule has 2 unspecified atom stereocenters. The van der Waals surface area contributed by atoms with E-state index in [1.165, 1.54) is 12.1 Å². The molecule has 124 valence electrons. The molecule has 5 heteroatoms. The zero-order valence-corrected chi connectivity index (χ0v) is 13.4. The summed E-state index contributed by atoms with van der Waals surface area (Å²) >= 11 is 0. The van der Waals surface area contributed by atoms with Crippen LogP contribution in [0.3, 0.4) is 0 Å². The molecule has 2 heterocycles. The number of hydrogen-bond donors (Lipinski definition) is 1. The van der Waals surface area contributed by atoms with Gasteiger partial charge >= 0.3 is 0 Å². The molecular formula is C19H18F2N2O. The standard InChI is InChI=1S/C19H18F2N2O/c1-23-9-12-8-22-19(24)16-6-11(2-4-15(16)17(12)10-23)14-5-3-13(20)7-18(14)21/h2-7,12,17H,8-10H2,1H3,(H,22,24). The van der Waals surface area contributed by atoms with Crippen LogP contribution in [0, 0.1) is 17.6 Å². The monoisotopic (exact) mass is 328 g/mol. The van der Waals surface area contributed by atoms with Gasteiger partial charge in [0, 0.05) is 42.7 Å². The van der Waals surface area contributed by atoms with E-state index < -0.39 is 11.6 Å². The number of likely N-dealkylation sites (N-methyl/N-ethyl adjacent to an activating group) is 1. The molecule has 2 aliphatic heterocycles. The molecule has 0 saturated carbocycles. The number of nitrogens with one attached hydrogen (secondary N) is 1. The Labute approximate surface area is 139 Å². The van der Waals surface area contributed by atoms with Crippen molar-refractivity contribution in [1.82, 2.24) is 10.2 Å². The lowest BCUT2D eigenvalue weighted by atomic mass is 9.86. The van der Waals surface area contributed by atoms with Gasteiger partial charge in [-0.3, -0.25) is 4.79 Å². The predicted molar refractivity (Wildman–Crippen MR) is 87.9 cm³/mol. The molecule has 1 N–H and O–H groups in total. The number of amides is 1. The van der Waals surface area contributed by atoms with Gasteiger partial charge in [-0.15, -0.1) is 0 Å². The Kier molecular flexibility index (Phi) is 3.61. The van der Waals surface area contributed by atoms with Gasteiger partial charge in [0.1, 0.15) is 11.6 Å². The Morgan fingerprint density at radius 1 is 1.08 bits per heavy atom. The molecule has 2 aromatic carbocycles. The molecule has 4 rings (SSSR count). The highest BCUT2D eigenvalue weighted by Crippen LogP contribution is 2.37. The van der Waals surface area contributed by atoms with Crippen molar-refractivity contribution < 1.29 is 13.6 Å². The summed E-state index contributed by atoms with van der Waals surface area (Å²) < 4.78 is 27.2. The first-order valence-corrected chi connectivity index (χ1v) is 8.09. The van der Waals surface area contributed by atoms with Crippen LogP contribution < -0.4 is 5.32 Å². The van der Waals surface area contributed by atoms with Crippen LogP contribution in [0.25, 0.3) is 11.1 Å². The Morgan fingerprint density at radius 3 is 2.71 bits per heavy atom. The first kappa shape index (κ1) is 15.3. The van der Waals surface area contributed by atoms with Crippen molar-refractivity contribution in [3.05, 3.63) is 59.2 Å². The number of halogens is 2. The summed E-state index contributed by atoms with van der Waals surface area (Å²) in [4.78, 5) is 14.7. The molecule has 0 spiro atoms. The number of likely N-dealkylation sites (tertiary alicyclic amines) is 1. The number of benzene rings is 2. The van der Waals surface area contributed by atoms with Crippen molar-refractivity contribution in [2.45, 2.75) is 5.92 Å². The molecule has 0 bridgehead atoms. The highest BCUT2D eigenvalue weighted by molar-refractivity contribution is 5.97. The van der Waals surface area contributed by atoms with Crippen molar-refractivity contribution in [3.63, 3.8) is 0 Å². The molecular weight excluding hydrogens is 310 g/mol. The van der Waals surface area contributed by atoms with E-state index in [4.69, 9.17) is 0 Å². The van der Waals surface area contributed by atoms with Crippen LogP contribution in [-0.2, 0) is 0 Å². The van der Waals surface area contributed by atoms with E-state index in [0.29, 0.717) is 35.1 Å². The number of carbonyl (C=O) groups is 1. The average molecular weight is 328 g/mol. The van der Waals surface area contributed by atoms with Gasteiger partial charge in [0.2, 0.25) is 0 Å². The quantitative estimate of drug-likeness (QED) is 0.873. The Bertz CT molecular complexity index is 821. The van der Waals surface area contributed by atoms with Crippen LogP contribution in [0.4, 0.5) is 8.78 Å². The molecule has 3 nitrogen and oxygen atoms in total. The zero-order chi connectivity index (χ0) is 16.8. The summed E-state index contributed by atoms with van der Waals surface area (Å²) in [7, 11) is 2.08. The average Bonchev–Trinajstić information content (AvgIpc) is 2.87. The fourth-order valence-corrected chi connectivity index (χ4v) is 3.93. The Hall–Kier alpha value is -2.27. The van der Waals surface area contributed by atoms with Crippen molar-refractivity contribution in [2.24, 2.45) is 5.92 Å². The van der Waals surface area contributed by atoms with Crippen molar-refractivity contribution in [1.29, 1.82) is 0 Å². The molecule has 2 atom stereocenters. The molecule has 0 radical (unpaired) electrons. The largest absolute Gasteiger partial charge is 0.352 e. The molecule has 1 fully saturated rings. The highest BCUT2D eigenvalue weighted by atomic mass is 19.1. The van der Waals surface area contributed by atoms with E-state index in [1.54, 1.807) is 6.07 Å². The topological polar surface area (TPSA) is 32.3 Å². The number of rotatable bonds is 1. The fraction of sp³-hybridized carbons (Fsp3) is 0.316. The van der Waals surface area contributed by atoms with E-state index in [9.17, 15) is 13.6 Å². The second-order valence-electron chi connectivity index (χ2n) is 6.72. The molecule has 24 heavy (non-hydrogen) atoms. The van der Waals surface area contributed by atoms with E-state index in [0.717, 1.165) is 24.7 Å². The van der Waals surface area contributed by atoms with E-state index >= 15 is 0 Å². The SMILES string of the molecule is CN1CC2CNC(=O)c3cc(-c4ccc(F)cc4F)ccc3C2C1. The van der Waals surface area contributed by atoms with Crippen LogP contribution in [0.2, 0.25) is 0 Å². The molecule has 0 aromatic heterocycles. The van der Waals surface area contributed by atoms with Crippen LogP contribution in [0.1, 0.15) is 21.8 Å². The molecule has 0 aliphatic carbocycles. The summed E-state index contributed by atoms with van der Waals surface area (Å²) in [6.07, 6.45) is 0. The lowest BCUT2D eigenvalue weighted by molar-refractivity contribution is 0.0951. The normalized spacial score (nSPS) is 23.4. The van der Waals surface area contributed by atoms with Crippen molar-refractivity contribution in [2.75, 3.05) is 26.7 Å². The number of hydrogen-bond acceptors (Lipinski definition) is 2. The van der Waals surface area contributed by atoms with Gasteiger partial charge in [0.05, 0.1) is 0 Å². The van der Waals surface area contributed by atoms with Crippen molar-refractivity contribution in [3.8, 4) is 11.1 Å². The molecule has 2 aliphatic rings. The van der Waals surface area contributed by atoms with Gasteiger partial charge in [0.25, 0.3) is 5.91 Å². The third kappa shape index (κ3) is 2.49. The number of fused-ring (bicyclic) bond motifs is 3. The maximum atomic E-state index is 14.1. The van der Waals surface area contributed by atoms with E-state index in [-0.39, 0.29) is 5.91 Å². The number of nitrogens with zero attached hydrogens (tertiary/aromatic N) is 1. The lowest BCUT2D eigenvalue weighted by Gasteiger charge is -2.17. The van der Waals surface area contributed by atoms with E-state index in [1.807, 2.05) is 12.1 Å². The maximum Gasteiger partial charge on any atom is 0.251 e. The van der Waals surface area contributed by atoms with Crippen LogP contribution in [0.5, 0.6) is 0 Å². The first-order chi connectivity index (χ1) is 11.5. The van der Waals surface area contributed by atoms with Gasteiger partial charge in [-0.05, 0) is 42.3 Å². The van der Waals surface area contributed by atoms with Crippen LogP contribution in [-0.4, -0.2) is 37.5 Å². The Morgan fingerprint density at radius 2 is 1.92 bits per heavy atom. The minimum absolute atomic E-state index is 0.119. The van der Waals surface area contributed by atoms with Gasteiger partial charge in [-0.2, -0.15) is 0 Å². The van der Waals surface area contributed by atoms with E-state index in [2.05, 4.69) is 17.3 Å². The van der Waals surface area contributed by atoms with Crippen molar-refractivity contribution >= 4 is 5.91 Å². The fourth-order valence-electron chi connectivity index (χ4n) is 3.93. The molecule has 2 aromatic rings. The van der Waals surface area contributed by atoms with Gasteiger partial charge in [0.15, 0.2) is 0 Å². The summed E-state index contributed by atoms with van der Waals surface area (Å²) in [5.41, 5.74) is 2.51. The summed E-state index contributed by atoms with van der Waals surface area (Å²) in [5.74, 6) is -0.654. The summed E-state index contributed by atoms with van der Waals surface area (Å²) in [5, 5.41) is 2.98. The second kappa shape index (κ2) is 5.67. The third-order valence-electron chi connectivity index (χ3n) is 5.09. The minimum atomic E-state index is -0.623. The minimum Gasteiger partial charge on any atom is -0.352 e. The first-order valence-electron chi connectivity index (χ1n) is 8.09. The zero-order valence-electron chi connectivity index (χ0n) is 13.4. The summed E-state index contributed by atoms with van der Waals surface area (Å²) in [6.45, 7) is 2.53. The highest BCUT2D eigenvalue weighted by Gasteiger charge is 2.36. The second-order valence-corrected chi connectivity index (χ2v) is 6.72. The maximum absolute atomic E-state index is 14.1. The predicted octanol–water partition coefficient (Wildman–Crippen LogP) is 3.02. The van der Waals surface area contributed by atoms with Gasteiger partial charge in [-0.1, -0.05) is 12.1 Å². The van der Waals surface area contributed by atoms with Gasteiger partial charge in [-0.25, -0.2) is 8.78 Å². The molecule has 1 saturated heterocycles. The Balaban J connectivity index is 1.81. The number of carbonyl (C=O) groups excluding carboxylic acids is 1. The lowest BCUT2D eigenvalue weighted by Crippen LogP contribution is -2.29. The molecule has 1 amide bonds. The van der Waals surface area contributed by atoms with Crippen LogP contribution in [0.15, 0.2) is 36.4 Å². The third-order valence-corrected chi connectivity index (χ3v) is 5.09. The van der Waals surface area contributed by atoms with Crippen LogP contribution >= 0.6 is 0 Å². The van der Waals surface area contributed by atoms with Gasteiger partial charge < -0.3 is 10.2 Å². The summed E-state index contributed by atoms with van der Waals surface area (Å²) in [6, 6.07) is 8.97.